The van der Waals surface area contributed by atoms with Gasteiger partial charge in [-0.15, -0.1) is 23.7 Å². The third-order valence-electron chi connectivity index (χ3n) is 3.20. The molecule has 2 unspecified atom stereocenters. The van der Waals surface area contributed by atoms with Gasteiger partial charge >= 0.3 is 0 Å². The van der Waals surface area contributed by atoms with Crippen molar-refractivity contribution in [3.8, 4) is 0 Å². The molecular weight excluding hydrogens is 304 g/mol. The molecule has 0 radical (unpaired) electrons. The molecule has 2 atom stereocenters. The Hall–Kier alpha value is -0.140. The Labute approximate surface area is 125 Å². The molecule has 4 nitrogen and oxygen atoms in total. The zero-order valence-electron chi connectivity index (χ0n) is 11.2. The first-order valence-corrected chi connectivity index (χ1v) is 8.65. The third kappa shape index (κ3) is 4.43. The molecule has 7 heteroatoms. The Morgan fingerprint density at radius 1 is 1.47 bits per heavy atom. The highest BCUT2D eigenvalue weighted by Crippen LogP contribution is 2.23. The Kier molecular flexibility index (Phi) is 6.26. The van der Waals surface area contributed by atoms with Gasteiger partial charge in [-0.1, -0.05) is 6.92 Å². The third-order valence-corrected chi connectivity index (χ3v) is 6.44. The van der Waals surface area contributed by atoms with E-state index < -0.39 is 10.0 Å². The second-order valence-electron chi connectivity index (χ2n) is 4.77. The van der Waals surface area contributed by atoms with Crippen LogP contribution in [0.15, 0.2) is 16.3 Å². The predicted octanol–water partition coefficient (Wildman–Crippen LogP) is 2.15. The average Bonchev–Trinajstić information content (AvgIpc) is 2.77. The van der Waals surface area contributed by atoms with E-state index in [4.69, 9.17) is 0 Å². The van der Waals surface area contributed by atoms with E-state index in [2.05, 4.69) is 17.0 Å². The summed E-state index contributed by atoms with van der Waals surface area (Å²) >= 11 is 1.36. The smallest absolute Gasteiger partial charge is 0.250 e. The SMILES string of the molecule is CCc1ccc(S(=O)(=O)NC2CCNC(C)C2)s1.Cl. The molecule has 0 bridgehead atoms. The van der Waals surface area contributed by atoms with E-state index in [9.17, 15) is 8.42 Å². The summed E-state index contributed by atoms with van der Waals surface area (Å²) in [5.41, 5.74) is 0. The van der Waals surface area contributed by atoms with Crippen molar-refractivity contribution in [3.63, 3.8) is 0 Å². The van der Waals surface area contributed by atoms with E-state index in [1.807, 2.05) is 13.0 Å². The van der Waals surface area contributed by atoms with Crippen LogP contribution in [0, 0.1) is 0 Å². The van der Waals surface area contributed by atoms with Crippen LogP contribution < -0.4 is 10.0 Å². The van der Waals surface area contributed by atoms with Gasteiger partial charge in [0.1, 0.15) is 4.21 Å². The van der Waals surface area contributed by atoms with E-state index in [-0.39, 0.29) is 18.4 Å². The van der Waals surface area contributed by atoms with Crippen LogP contribution in [-0.2, 0) is 16.4 Å². The van der Waals surface area contributed by atoms with Gasteiger partial charge in [0, 0.05) is 17.0 Å². The maximum absolute atomic E-state index is 12.2. The molecule has 0 saturated carbocycles. The fraction of sp³-hybridized carbons (Fsp3) is 0.667. The summed E-state index contributed by atoms with van der Waals surface area (Å²) < 4.78 is 27.7. The van der Waals surface area contributed by atoms with E-state index in [0.717, 1.165) is 30.7 Å². The van der Waals surface area contributed by atoms with Crippen molar-refractivity contribution in [2.45, 2.75) is 49.4 Å². The lowest BCUT2D eigenvalue weighted by atomic mass is 10.0. The molecule has 1 aromatic heterocycles. The van der Waals surface area contributed by atoms with Gasteiger partial charge in [0.15, 0.2) is 0 Å². The molecular formula is C12H21ClN2O2S2. The number of aryl methyl sites for hydroxylation is 1. The molecule has 2 rings (SSSR count). The summed E-state index contributed by atoms with van der Waals surface area (Å²) in [6, 6.07) is 4.03. The summed E-state index contributed by atoms with van der Waals surface area (Å²) in [4.78, 5) is 1.11. The zero-order chi connectivity index (χ0) is 13.2. The second kappa shape index (κ2) is 7.04. The normalized spacial score (nSPS) is 23.9. The Bertz CT molecular complexity index is 502. The Balaban J connectivity index is 0.00000180. The highest BCUT2D eigenvalue weighted by atomic mass is 35.5. The van der Waals surface area contributed by atoms with Gasteiger partial charge in [-0.2, -0.15) is 0 Å². The summed E-state index contributed by atoms with van der Waals surface area (Å²) in [6.07, 6.45) is 2.59. The molecule has 0 aliphatic carbocycles. The molecule has 1 aliphatic rings. The maximum atomic E-state index is 12.2. The quantitative estimate of drug-likeness (QED) is 0.892. The zero-order valence-corrected chi connectivity index (χ0v) is 13.6. The molecule has 110 valence electrons. The first-order chi connectivity index (χ1) is 8.51. The van der Waals surface area contributed by atoms with Gasteiger partial charge in [-0.05, 0) is 44.9 Å². The highest BCUT2D eigenvalue weighted by Gasteiger charge is 2.25. The number of halogens is 1. The van der Waals surface area contributed by atoms with Crippen LogP contribution in [0.5, 0.6) is 0 Å². The highest BCUT2D eigenvalue weighted by molar-refractivity contribution is 7.91. The minimum Gasteiger partial charge on any atom is -0.314 e. The molecule has 0 aromatic carbocycles. The number of rotatable bonds is 4. The first kappa shape index (κ1) is 16.9. The van der Waals surface area contributed by atoms with Crippen LogP contribution in [0.2, 0.25) is 0 Å². The van der Waals surface area contributed by atoms with Crippen LogP contribution in [0.25, 0.3) is 0 Å². The van der Waals surface area contributed by atoms with E-state index in [0.29, 0.717) is 10.3 Å². The number of thiophene rings is 1. The van der Waals surface area contributed by atoms with Crippen LogP contribution in [-0.4, -0.2) is 27.0 Å². The minimum atomic E-state index is -3.33. The lowest BCUT2D eigenvalue weighted by molar-refractivity contribution is 0.361. The van der Waals surface area contributed by atoms with Crippen molar-refractivity contribution >= 4 is 33.8 Å². The topological polar surface area (TPSA) is 58.2 Å². The van der Waals surface area contributed by atoms with Crippen LogP contribution in [0.3, 0.4) is 0 Å². The molecule has 19 heavy (non-hydrogen) atoms. The van der Waals surface area contributed by atoms with Crippen LogP contribution >= 0.6 is 23.7 Å². The van der Waals surface area contributed by atoms with Crippen LogP contribution in [0.1, 0.15) is 31.6 Å². The Morgan fingerprint density at radius 2 is 2.21 bits per heavy atom. The van der Waals surface area contributed by atoms with Gasteiger partial charge in [0.2, 0.25) is 10.0 Å². The summed E-state index contributed by atoms with van der Waals surface area (Å²) in [7, 11) is -3.33. The molecule has 0 spiro atoms. The number of hydrogen-bond donors (Lipinski definition) is 2. The summed E-state index contributed by atoms with van der Waals surface area (Å²) in [6.45, 7) is 4.99. The van der Waals surface area contributed by atoms with Crippen LogP contribution in [0.4, 0.5) is 0 Å². The van der Waals surface area contributed by atoms with Gasteiger partial charge in [-0.3, -0.25) is 0 Å². The fourth-order valence-electron chi connectivity index (χ4n) is 2.21. The minimum absolute atomic E-state index is 0. The fourth-order valence-corrected chi connectivity index (χ4v) is 4.80. The maximum Gasteiger partial charge on any atom is 0.250 e. The summed E-state index contributed by atoms with van der Waals surface area (Å²) in [5.74, 6) is 0. The number of nitrogens with one attached hydrogen (secondary N) is 2. The average molecular weight is 325 g/mol. The molecule has 1 aromatic rings. The molecule has 1 fully saturated rings. The van der Waals surface area contributed by atoms with Gasteiger partial charge in [-0.25, -0.2) is 13.1 Å². The lowest BCUT2D eigenvalue weighted by Crippen LogP contribution is -2.46. The van der Waals surface area contributed by atoms with Crippen molar-refractivity contribution in [1.29, 1.82) is 0 Å². The predicted molar refractivity (Wildman–Crippen MR) is 81.8 cm³/mol. The van der Waals surface area contributed by atoms with Crippen molar-refractivity contribution in [2.24, 2.45) is 0 Å². The van der Waals surface area contributed by atoms with Crippen molar-refractivity contribution < 1.29 is 8.42 Å². The van der Waals surface area contributed by atoms with E-state index in [1.165, 1.54) is 11.3 Å². The molecule has 2 heterocycles. The number of piperidine rings is 1. The number of sulfonamides is 1. The lowest BCUT2D eigenvalue weighted by Gasteiger charge is -2.28. The van der Waals surface area contributed by atoms with Gasteiger partial charge < -0.3 is 5.32 Å². The molecule has 2 N–H and O–H groups in total. The van der Waals surface area contributed by atoms with Crippen molar-refractivity contribution in [3.05, 3.63) is 17.0 Å². The standard InChI is InChI=1S/C12H20N2O2S2.ClH/c1-3-11-4-5-12(17-11)18(15,16)14-10-6-7-13-9(2)8-10;/h4-5,9-10,13-14H,3,6-8H2,1-2H3;1H. The first-order valence-electron chi connectivity index (χ1n) is 6.35. The molecule has 1 aliphatic heterocycles. The van der Waals surface area contributed by atoms with Crippen molar-refractivity contribution in [1.82, 2.24) is 10.0 Å². The van der Waals surface area contributed by atoms with E-state index >= 15 is 0 Å². The monoisotopic (exact) mass is 324 g/mol. The van der Waals surface area contributed by atoms with Gasteiger partial charge in [0.05, 0.1) is 0 Å². The second-order valence-corrected chi connectivity index (χ2v) is 7.88. The van der Waals surface area contributed by atoms with E-state index in [1.54, 1.807) is 6.07 Å². The summed E-state index contributed by atoms with van der Waals surface area (Å²) in [5, 5.41) is 3.32. The largest absolute Gasteiger partial charge is 0.314 e. The Morgan fingerprint density at radius 3 is 2.79 bits per heavy atom. The van der Waals surface area contributed by atoms with Crippen molar-refractivity contribution in [2.75, 3.05) is 6.54 Å². The molecule has 1 saturated heterocycles. The van der Waals surface area contributed by atoms with Gasteiger partial charge in [0.25, 0.3) is 0 Å². The number of hydrogen-bond acceptors (Lipinski definition) is 4. The molecule has 0 amide bonds.